The highest BCUT2D eigenvalue weighted by Crippen LogP contribution is 2.23. The highest BCUT2D eigenvalue weighted by atomic mass is 15.2. The monoisotopic (exact) mass is 655 g/mol. The first-order chi connectivity index (χ1) is 23.2. The Morgan fingerprint density at radius 2 is 1.02 bits per heavy atom. The summed E-state index contributed by atoms with van der Waals surface area (Å²) in [7, 11) is 0. The fourth-order valence-corrected chi connectivity index (χ4v) is 6.13. The zero-order valence-corrected chi connectivity index (χ0v) is 29.7. The van der Waals surface area contributed by atoms with E-state index in [1.165, 1.54) is 50.5 Å². The minimum atomic E-state index is 0. The van der Waals surface area contributed by atoms with E-state index in [1.54, 1.807) is 0 Å². The van der Waals surface area contributed by atoms with Crippen LogP contribution in [0, 0.1) is 17.8 Å². The summed E-state index contributed by atoms with van der Waals surface area (Å²) in [5.41, 5.74) is 13.7. The van der Waals surface area contributed by atoms with Crippen LogP contribution < -0.4 is 0 Å². The van der Waals surface area contributed by atoms with Crippen LogP contribution in [0.3, 0.4) is 0 Å². The average Bonchev–Trinajstić information content (AvgIpc) is 3.89. The van der Waals surface area contributed by atoms with E-state index < -0.39 is 0 Å². The van der Waals surface area contributed by atoms with Gasteiger partial charge in [-0.15, -0.1) is 0 Å². The van der Waals surface area contributed by atoms with Gasteiger partial charge >= 0.3 is 0 Å². The zero-order chi connectivity index (χ0) is 34.2. The Balaban J connectivity index is 0.000000146. The van der Waals surface area contributed by atoms with Gasteiger partial charge < -0.3 is 0 Å². The van der Waals surface area contributed by atoms with Crippen molar-refractivity contribution in [3.05, 3.63) is 131 Å². The number of pyridine rings is 3. The van der Waals surface area contributed by atoms with Crippen molar-refractivity contribution in [3.63, 3.8) is 0 Å². The summed E-state index contributed by atoms with van der Waals surface area (Å²) < 4.78 is 1.91. The third kappa shape index (κ3) is 8.83. The number of hydrogen-bond donors (Lipinski definition) is 0. The number of aromatic nitrogens is 4. The van der Waals surface area contributed by atoms with Crippen molar-refractivity contribution in [1.82, 2.24) is 19.6 Å². The lowest BCUT2D eigenvalue weighted by Gasteiger charge is -2.05. The van der Waals surface area contributed by atoms with Gasteiger partial charge in [-0.3, -0.25) is 24.9 Å². The number of fused-ring (bicyclic) bond motifs is 4. The largest absolute Gasteiger partial charge is 0.284 e. The Labute approximate surface area is 293 Å². The quantitative estimate of drug-likeness (QED) is 0.193. The number of aliphatic imine (C=N–C) groups is 3. The van der Waals surface area contributed by atoms with Gasteiger partial charge in [-0.2, -0.15) is 5.10 Å². The fourth-order valence-electron chi connectivity index (χ4n) is 6.13. The molecule has 3 aliphatic rings. The second-order valence-electron chi connectivity index (χ2n) is 13.5. The van der Waals surface area contributed by atoms with Crippen molar-refractivity contribution in [2.45, 2.75) is 88.4 Å². The summed E-state index contributed by atoms with van der Waals surface area (Å²) >= 11 is 0. The Hall–Kier alpha value is -4.78. The first kappa shape index (κ1) is 37.0. The lowest BCUT2D eigenvalue weighted by atomic mass is 9.98. The predicted molar refractivity (Wildman–Crippen MR) is 206 cm³/mol. The lowest BCUT2D eigenvalue weighted by Crippen LogP contribution is -2.06. The van der Waals surface area contributed by atoms with Gasteiger partial charge in [0.15, 0.2) is 0 Å². The normalized spacial score (nSPS) is 13.6. The molecule has 0 unspecified atom stereocenters. The molecular formula is C42H53N7. The minimum Gasteiger partial charge on any atom is -0.284 e. The summed E-state index contributed by atoms with van der Waals surface area (Å²) in [6.07, 6.45) is 7.58. The molecular weight excluding hydrogens is 603 g/mol. The third-order valence-corrected chi connectivity index (χ3v) is 8.56. The zero-order valence-electron chi connectivity index (χ0n) is 29.7. The highest BCUT2D eigenvalue weighted by Gasteiger charge is 2.19. The maximum absolute atomic E-state index is 4.52. The molecule has 0 radical (unpaired) electrons. The van der Waals surface area contributed by atoms with Gasteiger partial charge in [0.25, 0.3) is 0 Å². The average molecular weight is 656 g/mol. The second-order valence-corrected chi connectivity index (χ2v) is 13.5. The van der Waals surface area contributed by atoms with Gasteiger partial charge in [0.1, 0.15) is 0 Å². The molecule has 5 aromatic rings. The van der Waals surface area contributed by atoms with Gasteiger partial charge in [0.2, 0.25) is 0 Å². The fraction of sp³-hybridized carbons (Fsp3) is 0.381. The molecule has 4 aromatic heterocycles. The molecule has 0 aliphatic carbocycles. The third-order valence-electron chi connectivity index (χ3n) is 8.56. The smallest absolute Gasteiger partial charge is 0.0822 e. The van der Waals surface area contributed by atoms with E-state index in [-0.39, 0.29) is 7.43 Å². The van der Waals surface area contributed by atoms with E-state index >= 15 is 0 Å². The van der Waals surface area contributed by atoms with Crippen molar-refractivity contribution in [3.8, 4) is 0 Å². The minimum absolute atomic E-state index is 0. The first-order valence-corrected chi connectivity index (χ1v) is 17.2. The van der Waals surface area contributed by atoms with Gasteiger partial charge in [-0.25, -0.2) is 4.52 Å². The topological polar surface area (TPSA) is 80.2 Å². The van der Waals surface area contributed by atoms with E-state index in [0.717, 1.165) is 31.0 Å². The van der Waals surface area contributed by atoms with E-state index in [4.69, 9.17) is 0 Å². The van der Waals surface area contributed by atoms with Crippen LogP contribution in [-0.2, 0) is 19.6 Å². The lowest BCUT2D eigenvalue weighted by molar-refractivity contribution is 0.875. The first-order valence-electron chi connectivity index (χ1n) is 17.2. The van der Waals surface area contributed by atoms with Crippen LogP contribution >= 0.6 is 0 Å². The number of hydrogen-bond acceptors (Lipinski definition) is 6. The molecule has 7 nitrogen and oxygen atoms in total. The second kappa shape index (κ2) is 17.0. The van der Waals surface area contributed by atoms with Crippen LogP contribution in [0.5, 0.6) is 0 Å². The molecule has 0 saturated carbocycles. The molecule has 1 aromatic carbocycles. The van der Waals surface area contributed by atoms with E-state index in [0.29, 0.717) is 23.7 Å². The van der Waals surface area contributed by atoms with Crippen LogP contribution in [0.1, 0.15) is 108 Å². The SMILES string of the molecule is C.CC(C)C1=NCc2ccccc21.CC(C)C1=NCc2ncccc21.CC(C)C1=NCc2ncccc21.CC(C)c1cnn2ccccc12. The Bertz CT molecular complexity index is 1760. The van der Waals surface area contributed by atoms with Crippen molar-refractivity contribution in [2.24, 2.45) is 32.7 Å². The van der Waals surface area contributed by atoms with Crippen LogP contribution in [-0.4, -0.2) is 36.7 Å². The van der Waals surface area contributed by atoms with Crippen LogP contribution in [0.4, 0.5) is 0 Å². The van der Waals surface area contributed by atoms with Gasteiger partial charge in [-0.1, -0.05) is 93.1 Å². The number of benzene rings is 1. The molecule has 7 heteroatoms. The van der Waals surface area contributed by atoms with Crippen molar-refractivity contribution >= 4 is 22.7 Å². The summed E-state index contributed by atoms with van der Waals surface area (Å²) in [5.74, 6) is 2.12. The van der Waals surface area contributed by atoms with Crippen LogP contribution in [0.2, 0.25) is 0 Å². The standard InChI is InChI=1S/C11H13N.3C10H12N2.CH4/c1-8(2)11-10-6-4-3-5-9(10)7-12-11;2*1-7(2)10-8-4-3-5-11-9(8)6-12-10;1-8(2)9-7-11-12-6-4-3-5-10(9)12;/h3-6,8H,7H2,1-2H3;2*3-5,7H,6H2,1-2H3;3-8H,1-2H3;1H4. The Morgan fingerprint density at radius 1 is 0.531 bits per heavy atom. The maximum Gasteiger partial charge on any atom is 0.0822 e. The van der Waals surface area contributed by atoms with Crippen molar-refractivity contribution in [2.75, 3.05) is 0 Å². The summed E-state index contributed by atoms with van der Waals surface area (Å²) in [5, 5.41) is 4.26. The molecule has 0 fully saturated rings. The predicted octanol–water partition coefficient (Wildman–Crippen LogP) is 9.82. The molecule has 49 heavy (non-hydrogen) atoms. The molecule has 256 valence electrons. The summed E-state index contributed by atoms with van der Waals surface area (Å²) in [6.45, 7) is 19.8. The number of nitrogens with zero attached hydrogens (tertiary/aromatic N) is 7. The molecule has 0 bridgehead atoms. The highest BCUT2D eigenvalue weighted by molar-refractivity contribution is 6.05. The van der Waals surface area contributed by atoms with E-state index in [1.807, 2.05) is 53.6 Å². The molecule has 0 saturated heterocycles. The maximum atomic E-state index is 4.52. The molecule has 0 amide bonds. The van der Waals surface area contributed by atoms with Gasteiger partial charge in [0.05, 0.1) is 42.7 Å². The Morgan fingerprint density at radius 3 is 1.57 bits per heavy atom. The molecule has 0 spiro atoms. The molecule has 7 heterocycles. The van der Waals surface area contributed by atoms with Crippen molar-refractivity contribution < 1.29 is 0 Å². The van der Waals surface area contributed by atoms with Crippen molar-refractivity contribution in [1.29, 1.82) is 0 Å². The Kier molecular flexibility index (Phi) is 12.9. The van der Waals surface area contributed by atoms with E-state index in [2.05, 4.69) is 128 Å². The van der Waals surface area contributed by atoms with Crippen LogP contribution in [0.25, 0.3) is 5.52 Å². The molecule has 8 rings (SSSR count). The van der Waals surface area contributed by atoms with Crippen LogP contribution in [0.15, 0.2) is 106 Å². The summed E-state index contributed by atoms with van der Waals surface area (Å²) in [4.78, 5) is 22.0. The molecule has 0 atom stereocenters. The summed E-state index contributed by atoms with van der Waals surface area (Å²) in [6, 6.07) is 22.8. The van der Waals surface area contributed by atoms with Gasteiger partial charge in [-0.05, 0) is 65.6 Å². The number of rotatable bonds is 4. The molecule has 3 aliphatic heterocycles. The molecule has 0 N–H and O–H groups in total. The van der Waals surface area contributed by atoms with E-state index in [9.17, 15) is 0 Å². The van der Waals surface area contributed by atoms with Gasteiger partial charge in [0, 0.05) is 58.0 Å².